The summed E-state index contributed by atoms with van der Waals surface area (Å²) in [5, 5.41) is 5.66. The van der Waals surface area contributed by atoms with Crippen molar-refractivity contribution < 1.29 is 9.59 Å². The summed E-state index contributed by atoms with van der Waals surface area (Å²) in [5.74, 6) is -1.02. The molecule has 0 aliphatic heterocycles. The molecule has 2 heterocycles. The third-order valence-corrected chi connectivity index (χ3v) is 6.20. The lowest BCUT2D eigenvalue weighted by molar-refractivity contribution is 0.0989. The van der Waals surface area contributed by atoms with Crippen LogP contribution in [0.15, 0.2) is 59.4 Å². The van der Waals surface area contributed by atoms with Crippen LogP contribution in [-0.2, 0) is 6.42 Å². The zero-order valence-electron chi connectivity index (χ0n) is 18.6. The molecule has 0 saturated heterocycles. The average molecular weight is 461 g/mol. The number of hydrogen-bond acceptors (Lipinski definition) is 5. The normalized spacial score (nSPS) is 10.9. The van der Waals surface area contributed by atoms with E-state index in [0.717, 1.165) is 28.9 Å². The molecule has 33 heavy (non-hydrogen) atoms. The summed E-state index contributed by atoms with van der Waals surface area (Å²) in [6.07, 6.45) is 1.47. The third kappa shape index (κ3) is 4.70. The van der Waals surface area contributed by atoms with Gasteiger partial charge in [0.05, 0.1) is 0 Å². The number of nitrogens with zero attached hydrogens (tertiary/aromatic N) is 2. The molecule has 2 amide bonds. The summed E-state index contributed by atoms with van der Waals surface area (Å²) in [6, 6.07) is 16.0. The number of thiazole rings is 1. The number of aryl methyl sites for hydroxylation is 3. The number of carbonyl (C=O) groups is 2. The maximum atomic E-state index is 13.4. The fourth-order valence-electron chi connectivity index (χ4n) is 3.61. The van der Waals surface area contributed by atoms with Gasteiger partial charge in [0.2, 0.25) is 0 Å². The van der Waals surface area contributed by atoms with E-state index in [-0.39, 0.29) is 16.1 Å². The number of hydrogen-bond donors (Lipinski definition) is 2. The summed E-state index contributed by atoms with van der Waals surface area (Å²) in [6.45, 7) is 5.86. The summed E-state index contributed by atoms with van der Waals surface area (Å²) < 4.78 is 1.22. The van der Waals surface area contributed by atoms with E-state index in [4.69, 9.17) is 0 Å². The first-order valence-corrected chi connectivity index (χ1v) is 11.5. The van der Waals surface area contributed by atoms with E-state index in [1.54, 1.807) is 30.3 Å². The Bertz CT molecular complexity index is 1410. The minimum Gasteiger partial charge on any atom is -0.321 e. The van der Waals surface area contributed by atoms with Crippen LogP contribution in [0, 0.1) is 13.8 Å². The van der Waals surface area contributed by atoms with E-state index in [9.17, 15) is 14.4 Å². The summed E-state index contributed by atoms with van der Waals surface area (Å²) in [7, 11) is 0. The molecule has 0 atom stereocenters. The van der Waals surface area contributed by atoms with E-state index in [1.807, 2.05) is 39.0 Å². The molecular weight excluding hydrogens is 436 g/mol. The smallest absolute Gasteiger partial charge is 0.274 e. The van der Waals surface area contributed by atoms with Crippen molar-refractivity contribution in [3.63, 3.8) is 0 Å². The minimum atomic E-state index is -0.543. The van der Waals surface area contributed by atoms with Crippen molar-refractivity contribution in [1.82, 2.24) is 9.38 Å². The van der Waals surface area contributed by atoms with E-state index in [0.29, 0.717) is 28.5 Å². The first-order chi connectivity index (χ1) is 15.9. The van der Waals surface area contributed by atoms with Gasteiger partial charge in [0.25, 0.3) is 17.4 Å². The molecule has 0 unspecified atom stereocenters. The first kappa shape index (κ1) is 22.4. The van der Waals surface area contributed by atoms with E-state index in [1.165, 1.54) is 10.5 Å². The molecule has 4 aromatic rings. The second-order valence-electron chi connectivity index (χ2n) is 7.83. The highest BCUT2D eigenvalue weighted by Crippen LogP contribution is 2.25. The van der Waals surface area contributed by atoms with Crippen molar-refractivity contribution in [2.24, 2.45) is 0 Å². The fourth-order valence-corrected chi connectivity index (χ4v) is 4.65. The zero-order chi connectivity index (χ0) is 23.5. The Balaban J connectivity index is 1.82. The van der Waals surface area contributed by atoms with Crippen molar-refractivity contribution in [2.75, 3.05) is 10.6 Å². The molecule has 2 N–H and O–H groups in total. The van der Waals surface area contributed by atoms with Crippen molar-refractivity contribution >= 4 is 39.5 Å². The Hall–Kier alpha value is -3.78. The number of aromatic nitrogens is 2. The molecule has 0 bridgehead atoms. The van der Waals surface area contributed by atoms with Gasteiger partial charge in [-0.1, -0.05) is 60.6 Å². The average Bonchev–Trinajstić information content (AvgIpc) is 3.17. The number of anilines is 2. The van der Waals surface area contributed by atoms with E-state index in [2.05, 4.69) is 15.6 Å². The predicted molar refractivity (Wildman–Crippen MR) is 132 cm³/mol. The lowest BCUT2D eigenvalue weighted by atomic mass is 10.1. The molecule has 0 saturated carbocycles. The van der Waals surface area contributed by atoms with Crippen molar-refractivity contribution in [1.29, 1.82) is 0 Å². The van der Waals surface area contributed by atoms with Crippen LogP contribution in [0.1, 0.15) is 50.3 Å². The van der Waals surface area contributed by atoms with Crippen molar-refractivity contribution in [2.45, 2.75) is 33.6 Å². The number of carbonyl (C=O) groups excluding carboxylic acids is 2. The zero-order valence-corrected chi connectivity index (χ0v) is 19.5. The molecule has 8 heteroatoms. The molecule has 0 radical (unpaired) electrons. The van der Waals surface area contributed by atoms with Gasteiger partial charge in [-0.3, -0.25) is 14.4 Å². The Labute approximate surface area is 195 Å². The molecule has 2 aromatic heterocycles. The highest BCUT2D eigenvalue weighted by Gasteiger charge is 2.26. The molecule has 0 aliphatic rings. The maximum absolute atomic E-state index is 13.4. The number of para-hydroxylation sites is 1. The Kier molecular flexibility index (Phi) is 6.37. The Morgan fingerprint density at radius 1 is 1.00 bits per heavy atom. The van der Waals surface area contributed by atoms with Crippen LogP contribution in [-0.4, -0.2) is 21.2 Å². The second-order valence-corrected chi connectivity index (χ2v) is 8.80. The maximum Gasteiger partial charge on any atom is 0.274 e. The Morgan fingerprint density at radius 2 is 1.76 bits per heavy atom. The van der Waals surface area contributed by atoms with Crippen LogP contribution in [0.2, 0.25) is 0 Å². The SMILES string of the molecule is CCCc1cc(=O)n2c(C(=O)Nc3ccc(C)cc3C)c(C(=O)Nc3ccccc3)sc2n1. The van der Waals surface area contributed by atoms with Gasteiger partial charge in [-0.05, 0) is 44.0 Å². The van der Waals surface area contributed by atoms with Crippen LogP contribution >= 0.6 is 11.3 Å². The number of nitrogens with one attached hydrogen (secondary N) is 2. The van der Waals surface area contributed by atoms with Gasteiger partial charge in [0.1, 0.15) is 10.6 Å². The molecule has 0 aliphatic carbocycles. The van der Waals surface area contributed by atoms with Crippen LogP contribution in [0.25, 0.3) is 4.96 Å². The summed E-state index contributed by atoms with van der Waals surface area (Å²) in [5.41, 5.74) is 3.39. The molecule has 0 spiro atoms. The van der Waals surface area contributed by atoms with Gasteiger partial charge in [0, 0.05) is 23.1 Å². The van der Waals surface area contributed by atoms with Gasteiger partial charge >= 0.3 is 0 Å². The molecule has 7 nitrogen and oxygen atoms in total. The van der Waals surface area contributed by atoms with Crippen LogP contribution in [0.3, 0.4) is 0 Å². The van der Waals surface area contributed by atoms with Gasteiger partial charge in [-0.15, -0.1) is 0 Å². The van der Waals surface area contributed by atoms with E-state index < -0.39 is 11.8 Å². The van der Waals surface area contributed by atoms with Crippen molar-refractivity contribution in [3.8, 4) is 0 Å². The van der Waals surface area contributed by atoms with Crippen LogP contribution < -0.4 is 16.2 Å². The predicted octanol–water partition coefficient (Wildman–Crippen LogP) is 4.83. The van der Waals surface area contributed by atoms with Gasteiger partial charge in [0.15, 0.2) is 4.96 Å². The third-order valence-electron chi connectivity index (χ3n) is 5.16. The second kappa shape index (κ2) is 9.38. The summed E-state index contributed by atoms with van der Waals surface area (Å²) >= 11 is 1.03. The van der Waals surface area contributed by atoms with Gasteiger partial charge < -0.3 is 10.6 Å². The largest absolute Gasteiger partial charge is 0.321 e. The van der Waals surface area contributed by atoms with Gasteiger partial charge in [-0.25, -0.2) is 9.38 Å². The highest BCUT2D eigenvalue weighted by molar-refractivity contribution is 7.19. The molecular formula is C25H24N4O3S. The lowest BCUT2D eigenvalue weighted by Gasteiger charge is -2.10. The van der Waals surface area contributed by atoms with Crippen molar-refractivity contribution in [3.05, 3.63) is 92.3 Å². The van der Waals surface area contributed by atoms with Gasteiger partial charge in [-0.2, -0.15) is 0 Å². The topological polar surface area (TPSA) is 92.6 Å². The summed E-state index contributed by atoms with van der Waals surface area (Å²) in [4.78, 5) is 44.5. The lowest BCUT2D eigenvalue weighted by Crippen LogP contribution is -2.25. The number of benzene rings is 2. The number of fused-ring (bicyclic) bond motifs is 1. The highest BCUT2D eigenvalue weighted by atomic mass is 32.1. The monoisotopic (exact) mass is 460 g/mol. The van der Waals surface area contributed by atoms with E-state index >= 15 is 0 Å². The molecule has 0 fully saturated rings. The molecule has 2 aromatic carbocycles. The first-order valence-electron chi connectivity index (χ1n) is 10.7. The standard InChI is InChI=1S/C25H24N4O3S/c1-4-8-18-14-20(30)29-21(23(31)28-19-12-11-15(2)13-16(19)3)22(33-25(29)27-18)24(32)26-17-9-6-5-7-10-17/h5-7,9-14H,4,8H2,1-3H3,(H,26,32)(H,28,31). The fraction of sp³-hybridized carbons (Fsp3) is 0.200. The van der Waals surface area contributed by atoms with Crippen LogP contribution in [0.5, 0.6) is 0 Å². The Morgan fingerprint density at radius 3 is 2.45 bits per heavy atom. The van der Waals surface area contributed by atoms with Crippen LogP contribution in [0.4, 0.5) is 11.4 Å². The minimum absolute atomic E-state index is 0.0241. The number of amides is 2. The quantitative estimate of drug-likeness (QED) is 0.431. The molecule has 168 valence electrons. The molecule has 4 rings (SSSR count). The number of rotatable bonds is 6.